The molecule has 8 heteroatoms. The number of halogens is 1. The number of urea groups is 1. The predicted octanol–water partition coefficient (Wildman–Crippen LogP) is 1.52. The maximum atomic E-state index is 11.9. The Hall–Kier alpha value is -1.64. The van der Waals surface area contributed by atoms with Gasteiger partial charge in [-0.2, -0.15) is 0 Å². The average Bonchev–Trinajstić information content (AvgIpc) is 2.42. The maximum Gasteiger partial charge on any atom is 0.337 e. The monoisotopic (exact) mass is 343 g/mol. The van der Waals surface area contributed by atoms with Crippen molar-refractivity contribution in [3.63, 3.8) is 0 Å². The molecular formula is C12H14BrN3O4. The quantitative estimate of drug-likeness (QED) is 0.773. The predicted molar refractivity (Wildman–Crippen MR) is 75.6 cm³/mol. The maximum absolute atomic E-state index is 11.9. The van der Waals surface area contributed by atoms with Gasteiger partial charge < -0.3 is 15.2 Å². The van der Waals surface area contributed by atoms with Crippen LogP contribution in [0.15, 0.2) is 22.7 Å². The molecule has 20 heavy (non-hydrogen) atoms. The molecule has 108 valence electrons. The van der Waals surface area contributed by atoms with Gasteiger partial charge in [-0.25, -0.2) is 14.6 Å². The van der Waals surface area contributed by atoms with E-state index in [-0.39, 0.29) is 11.3 Å². The number of carboxylic acid groups (broad SMARTS) is 1. The van der Waals surface area contributed by atoms with E-state index in [9.17, 15) is 9.59 Å². The first-order valence-electron chi connectivity index (χ1n) is 6.00. The number of hydrazine groups is 1. The number of aromatic carboxylic acids is 1. The Morgan fingerprint density at radius 2 is 2.00 bits per heavy atom. The summed E-state index contributed by atoms with van der Waals surface area (Å²) in [5.41, 5.74) is 2.90. The van der Waals surface area contributed by atoms with E-state index in [4.69, 9.17) is 9.84 Å². The number of carbonyl (C=O) groups is 2. The third-order valence-electron chi connectivity index (χ3n) is 2.75. The number of rotatable bonds is 3. The smallest absolute Gasteiger partial charge is 0.337 e. The van der Waals surface area contributed by atoms with Crippen molar-refractivity contribution in [1.82, 2.24) is 10.4 Å². The van der Waals surface area contributed by atoms with Gasteiger partial charge >= 0.3 is 12.0 Å². The number of para-hydroxylation sites is 1. The van der Waals surface area contributed by atoms with Crippen LogP contribution in [0.2, 0.25) is 0 Å². The second-order valence-corrected chi connectivity index (χ2v) is 4.99. The van der Waals surface area contributed by atoms with E-state index in [1.165, 1.54) is 6.07 Å². The van der Waals surface area contributed by atoms with Crippen molar-refractivity contribution in [3.8, 4) is 0 Å². The van der Waals surface area contributed by atoms with Crippen LogP contribution in [0.5, 0.6) is 0 Å². The largest absolute Gasteiger partial charge is 0.478 e. The normalized spacial score (nSPS) is 15.7. The second kappa shape index (κ2) is 6.69. The summed E-state index contributed by atoms with van der Waals surface area (Å²) in [6.45, 7) is 2.29. The molecule has 0 unspecified atom stereocenters. The van der Waals surface area contributed by atoms with Gasteiger partial charge in [0.15, 0.2) is 0 Å². The molecule has 1 heterocycles. The average molecular weight is 344 g/mol. The molecule has 2 rings (SSSR count). The highest BCUT2D eigenvalue weighted by Gasteiger charge is 2.17. The first-order valence-corrected chi connectivity index (χ1v) is 6.79. The minimum atomic E-state index is -1.10. The summed E-state index contributed by atoms with van der Waals surface area (Å²) >= 11 is 3.23. The molecule has 0 atom stereocenters. The Labute approximate surface area is 124 Å². The van der Waals surface area contributed by atoms with Crippen LogP contribution in [0.25, 0.3) is 0 Å². The Kier molecular flexibility index (Phi) is 4.94. The van der Waals surface area contributed by atoms with E-state index in [1.54, 1.807) is 17.1 Å². The summed E-state index contributed by atoms with van der Waals surface area (Å²) in [5, 5.41) is 13.4. The minimum absolute atomic E-state index is 0.0245. The first kappa shape index (κ1) is 14.8. The molecule has 0 spiro atoms. The van der Waals surface area contributed by atoms with E-state index in [0.29, 0.717) is 30.8 Å². The number of hydrogen-bond donors (Lipinski definition) is 3. The Morgan fingerprint density at radius 3 is 2.65 bits per heavy atom. The van der Waals surface area contributed by atoms with Gasteiger partial charge in [-0.05, 0) is 28.1 Å². The molecule has 2 amide bonds. The van der Waals surface area contributed by atoms with E-state index < -0.39 is 12.0 Å². The number of carbonyl (C=O) groups excluding carboxylic acids is 1. The van der Waals surface area contributed by atoms with Crippen LogP contribution in [-0.4, -0.2) is 48.4 Å². The SMILES string of the molecule is O=C(Nc1c(Br)cccc1C(=O)O)NN1CCOCC1. The highest BCUT2D eigenvalue weighted by Crippen LogP contribution is 2.26. The van der Waals surface area contributed by atoms with Gasteiger partial charge in [0.05, 0.1) is 24.5 Å². The number of hydrogen-bond acceptors (Lipinski definition) is 4. The highest BCUT2D eigenvalue weighted by atomic mass is 79.9. The molecule has 1 aromatic carbocycles. The van der Waals surface area contributed by atoms with Crippen molar-refractivity contribution in [2.24, 2.45) is 0 Å². The fraction of sp³-hybridized carbons (Fsp3) is 0.333. The van der Waals surface area contributed by atoms with Gasteiger partial charge in [-0.15, -0.1) is 0 Å². The van der Waals surface area contributed by atoms with Gasteiger partial charge in [0.2, 0.25) is 0 Å². The molecule has 0 bridgehead atoms. The van der Waals surface area contributed by atoms with Gasteiger partial charge in [-0.1, -0.05) is 6.07 Å². The summed E-state index contributed by atoms with van der Waals surface area (Å²) in [5.74, 6) is -1.10. The lowest BCUT2D eigenvalue weighted by atomic mass is 10.2. The Bertz CT molecular complexity index is 517. The van der Waals surface area contributed by atoms with Crippen LogP contribution in [0, 0.1) is 0 Å². The topological polar surface area (TPSA) is 90.9 Å². The molecule has 1 saturated heterocycles. The lowest BCUT2D eigenvalue weighted by Gasteiger charge is -2.27. The van der Waals surface area contributed by atoms with E-state index in [0.717, 1.165) is 0 Å². The molecule has 7 nitrogen and oxygen atoms in total. The van der Waals surface area contributed by atoms with Crippen LogP contribution in [0.1, 0.15) is 10.4 Å². The Morgan fingerprint density at radius 1 is 1.30 bits per heavy atom. The lowest BCUT2D eigenvalue weighted by Crippen LogP contribution is -2.49. The summed E-state index contributed by atoms with van der Waals surface area (Å²) in [6, 6.07) is 4.20. The number of carboxylic acids is 1. The third-order valence-corrected chi connectivity index (χ3v) is 3.41. The van der Waals surface area contributed by atoms with E-state index in [2.05, 4.69) is 26.7 Å². The molecule has 1 aliphatic rings. The molecule has 0 saturated carbocycles. The van der Waals surface area contributed by atoms with E-state index >= 15 is 0 Å². The van der Waals surface area contributed by atoms with Gasteiger partial charge in [0.25, 0.3) is 0 Å². The summed E-state index contributed by atoms with van der Waals surface area (Å²) in [4.78, 5) is 23.0. The van der Waals surface area contributed by atoms with Crippen LogP contribution in [0.4, 0.5) is 10.5 Å². The summed E-state index contributed by atoms with van der Waals surface area (Å²) in [6.07, 6.45) is 0. The number of anilines is 1. The molecule has 0 aliphatic carbocycles. The van der Waals surface area contributed by atoms with Crippen molar-refractivity contribution < 1.29 is 19.4 Å². The number of nitrogens with one attached hydrogen (secondary N) is 2. The molecule has 1 aliphatic heterocycles. The zero-order valence-corrected chi connectivity index (χ0v) is 12.1. The standard InChI is InChI=1S/C12H14BrN3O4/c13-9-3-1-2-8(11(17)18)10(9)14-12(19)15-16-4-6-20-7-5-16/h1-3H,4-7H2,(H,17,18)(H2,14,15,19). The third kappa shape index (κ3) is 3.69. The number of benzene rings is 1. The molecule has 3 N–H and O–H groups in total. The fourth-order valence-corrected chi connectivity index (χ4v) is 2.25. The fourth-order valence-electron chi connectivity index (χ4n) is 1.79. The molecule has 0 radical (unpaired) electrons. The number of morpholine rings is 1. The Balaban J connectivity index is 2.05. The molecule has 1 fully saturated rings. The zero-order valence-electron chi connectivity index (χ0n) is 10.6. The zero-order chi connectivity index (χ0) is 14.5. The van der Waals surface area contributed by atoms with E-state index in [1.807, 2.05) is 0 Å². The van der Waals surface area contributed by atoms with Crippen molar-refractivity contribution in [2.45, 2.75) is 0 Å². The number of ether oxygens (including phenoxy) is 1. The summed E-state index contributed by atoms with van der Waals surface area (Å²) < 4.78 is 5.68. The molecule has 1 aromatic rings. The molecule has 0 aromatic heterocycles. The second-order valence-electron chi connectivity index (χ2n) is 4.13. The van der Waals surface area contributed by atoms with Crippen LogP contribution in [-0.2, 0) is 4.74 Å². The highest BCUT2D eigenvalue weighted by molar-refractivity contribution is 9.10. The van der Waals surface area contributed by atoms with Gasteiger partial charge in [0.1, 0.15) is 0 Å². The first-order chi connectivity index (χ1) is 9.58. The van der Waals surface area contributed by atoms with Crippen molar-refractivity contribution in [3.05, 3.63) is 28.2 Å². The van der Waals surface area contributed by atoms with Gasteiger partial charge in [0, 0.05) is 17.6 Å². The minimum Gasteiger partial charge on any atom is -0.478 e. The van der Waals surface area contributed by atoms with Crippen molar-refractivity contribution in [2.75, 3.05) is 31.6 Å². The van der Waals surface area contributed by atoms with Crippen molar-refractivity contribution >= 4 is 33.6 Å². The van der Waals surface area contributed by atoms with Crippen molar-refractivity contribution in [1.29, 1.82) is 0 Å². The number of amides is 2. The number of nitrogens with zero attached hydrogens (tertiary/aromatic N) is 1. The lowest BCUT2D eigenvalue weighted by molar-refractivity contribution is 0.0207. The van der Waals surface area contributed by atoms with Gasteiger partial charge in [-0.3, -0.25) is 5.43 Å². The van der Waals surface area contributed by atoms with Crippen LogP contribution >= 0.6 is 15.9 Å². The molecular weight excluding hydrogens is 330 g/mol. The van der Waals surface area contributed by atoms with Crippen LogP contribution in [0.3, 0.4) is 0 Å². The van der Waals surface area contributed by atoms with Crippen LogP contribution < -0.4 is 10.7 Å². The summed E-state index contributed by atoms with van der Waals surface area (Å²) in [7, 11) is 0.